The predicted molar refractivity (Wildman–Crippen MR) is 86.0 cm³/mol. The topological polar surface area (TPSA) is 70.6 Å². The van der Waals surface area contributed by atoms with E-state index in [0.717, 1.165) is 5.56 Å². The fourth-order valence-corrected chi connectivity index (χ4v) is 2.06. The van der Waals surface area contributed by atoms with Crippen molar-refractivity contribution < 1.29 is 19.0 Å². The second-order valence-corrected chi connectivity index (χ2v) is 4.95. The fourth-order valence-electron chi connectivity index (χ4n) is 2.06. The van der Waals surface area contributed by atoms with Gasteiger partial charge >= 0.3 is 6.03 Å². The molecule has 0 fully saturated rings. The van der Waals surface area contributed by atoms with E-state index in [1.807, 2.05) is 18.2 Å². The molecule has 6 heteroatoms. The van der Waals surface area contributed by atoms with Gasteiger partial charge in [0.1, 0.15) is 18.2 Å². The van der Waals surface area contributed by atoms with Crippen LogP contribution in [0.15, 0.2) is 42.5 Å². The molecule has 0 saturated carbocycles. The molecule has 2 aromatic rings. The van der Waals surface area contributed by atoms with Crippen LogP contribution in [0, 0.1) is 12.7 Å². The standard InChI is InChI=1S/C17H19FN2O3/c1-12-10-14(18)6-7-15(12)20-17(22)19-11-13-4-2-3-5-16(13)23-9-8-21/h2-7,10,21H,8-9,11H2,1H3,(H2,19,20,22). The number of benzene rings is 2. The summed E-state index contributed by atoms with van der Waals surface area (Å²) >= 11 is 0. The lowest BCUT2D eigenvalue weighted by Gasteiger charge is -2.13. The molecule has 2 aromatic carbocycles. The van der Waals surface area contributed by atoms with Crippen molar-refractivity contribution in [3.05, 3.63) is 59.4 Å². The first-order valence-corrected chi connectivity index (χ1v) is 7.22. The number of carbonyl (C=O) groups is 1. The maximum Gasteiger partial charge on any atom is 0.319 e. The van der Waals surface area contributed by atoms with Crippen LogP contribution >= 0.6 is 0 Å². The van der Waals surface area contributed by atoms with Crippen molar-refractivity contribution in [2.75, 3.05) is 18.5 Å². The lowest BCUT2D eigenvalue weighted by Crippen LogP contribution is -2.28. The van der Waals surface area contributed by atoms with Crippen molar-refractivity contribution in [3.8, 4) is 5.75 Å². The van der Waals surface area contributed by atoms with E-state index < -0.39 is 6.03 Å². The molecule has 0 unspecified atom stereocenters. The first kappa shape index (κ1) is 16.8. The molecule has 0 spiro atoms. The van der Waals surface area contributed by atoms with Gasteiger partial charge in [0.05, 0.1) is 6.61 Å². The zero-order valence-electron chi connectivity index (χ0n) is 12.8. The lowest BCUT2D eigenvalue weighted by atomic mass is 10.2. The van der Waals surface area contributed by atoms with Crippen LogP contribution in [0.25, 0.3) is 0 Å². The van der Waals surface area contributed by atoms with E-state index in [-0.39, 0.29) is 25.6 Å². The highest BCUT2D eigenvalue weighted by Crippen LogP contribution is 2.18. The van der Waals surface area contributed by atoms with E-state index in [9.17, 15) is 9.18 Å². The van der Waals surface area contributed by atoms with Gasteiger partial charge in [-0.3, -0.25) is 0 Å². The van der Waals surface area contributed by atoms with Crippen LogP contribution in [0.1, 0.15) is 11.1 Å². The third-order valence-corrected chi connectivity index (χ3v) is 3.20. The first-order valence-electron chi connectivity index (χ1n) is 7.22. The van der Waals surface area contributed by atoms with Crippen LogP contribution in [-0.2, 0) is 6.54 Å². The Morgan fingerprint density at radius 3 is 2.78 bits per heavy atom. The SMILES string of the molecule is Cc1cc(F)ccc1NC(=O)NCc1ccccc1OCCO. The quantitative estimate of drug-likeness (QED) is 0.767. The number of halogens is 1. The van der Waals surface area contributed by atoms with E-state index in [0.29, 0.717) is 17.0 Å². The number of aliphatic hydroxyl groups is 1. The molecular formula is C17H19FN2O3. The van der Waals surface area contributed by atoms with Gasteiger partial charge < -0.3 is 20.5 Å². The Balaban J connectivity index is 1.94. The van der Waals surface area contributed by atoms with Crippen molar-refractivity contribution in [2.45, 2.75) is 13.5 Å². The molecule has 0 heterocycles. The van der Waals surface area contributed by atoms with E-state index in [4.69, 9.17) is 9.84 Å². The van der Waals surface area contributed by atoms with Gasteiger partial charge in [-0.25, -0.2) is 9.18 Å². The summed E-state index contributed by atoms with van der Waals surface area (Å²) in [6, 6.07) is 11.0. The number of aliphatic hydroxyl groups excluding tert-OH is 1. The van der Waals surface area contributed by atoms with Crippen LogP contribution in [0.2, 0.25) is 0 Å². The molecule has 5 nitrogen and oxygen atoms in total. The number of hydrogen-bond acceptors (Lipinski definition) is 3. The minimum absolute atomic E-state index is 0.0773. The monoisotopic (exact) mass is 318 g/mol. The summed E-state index contributed by atoms with van der Waals surface area (Å²) in [5.41, 5.74) is 1.99. The molecule has 0 aliphatic heterocycles. The Labute approximate surface area is 134 Å². The molecule has 0 radical (unpaired) electrons. The summed E-state index contributed by atoms with van der Waals surface area (Å²) in [6.45, 7) is 2.11. The number of rotatable bonds is 6. The smallest absolute Gasteiger partial charge is 0.319 e. The second kappa shape index (κ2) is 8.14. The minimum atomic E-state index is -0.392. The average molecular weight is 318 g/mol. The van der Waals surface area contributed by atoms with E-state index >= 15 is 0 Å². The summed E-state index contributed by atoms with van der Waals surface area (Å²) in [5, 5.41) is 14.2. The molecule has 3 N–H and O–H groups in total. The van der Waals surface area contributed by atoms with Crippen LogP contribution in [0.5, 0.6) is 5.75 Å². The van der Waals surface area contributed by atoms with Crippen molar-refractivity contribution >= 4 is 11.7 Å². The number of amides is 2. The Morgan fingerprint density at radius 2 is 2.04 bits per heavy atom. The Bertz CT molecular complexity index is 677. The van der Waals surface area contributed by atoms with Crippen molar-refractivity contribution in [3.63, 3.8) is 0 Å². The van der Waals surface area contributed by atoms with Gasteiger partial charge in [0.2, 0.25) is 0 Å². The summed E-state index contributed by atoms with van der Waals surface area (Å²) in [4.78, 5) is 12.0. The van der Waals surface area contributed by atoms with Crippen LogP contribution in [-0.4, -0.2) is 24.4 Å². The number of carbonyl (C=O) groups excluding carboxylic acids is 1. The molecule has 0 aliphatic rings. The highest BCUT2D eigenvalue weighted by Gasteiger charge is 2.07. The Hall–Kier alpha value is -2.60. The molecule has 2 rings (SSSR count). The zero-order chi connectivity index (χ0) is 16.7. The van der Waals surface area contributed by atoms with Gasteiger partial charge in [-0.1, -0.05) is 18.2 Å². The highest BCUT2D eigenvalue weighted by molar-refractivity contribution is 5.90. The van der Waals surface area contributed by atoms with E-state index in [1.165, 1.54) is 18.2 Å². The third-order valence-electron chi connectivity index (χ3n) is 3.20. The van der Waals surface area contributed by atoms with Gasteiger partial charge in [0, 0.05) is 17.8 Å². The number of para-hydroxylation sites is 1. The molecule has 23 heavy (non-hydrogen) atoms. The number of anilines is 1. The number of hydrogen-bond donors (Lipinski definition) is 3. The number of nitrogens with one attached hydrogen (secondary N) is 2. The zero-order valence-corrected chi connectivity index (χ0v) is 12.8. The number of urea groups is 1. The molecule has 0 aliphatic carbocycles. The van der Waals surface area contributed by atoms with Crippen LogP contribution < -0.4 is 15.4 Å². The largest absolute Gasteiger partial charge is 0.491 e. The van der Waals surface area contributed by atoms with Crippen molar-refractivity contribution in [1.82, 2.24) is 5.32 Å². The Kier molecular flexibility index (Phi) is 5.94. The third kappa shape index (κ3) is 4.96. The van der Waals surface area contributed by atoms with Gasteiger partial charge in [-0.05, 0) is 36.8 Å². The summed E-state index contributed by atoms with van der Waals surface area (Å²) in [6.07, 6.45) is 0. The second-order valence-electron chi connectivity index (χ2n) is 4.95. The molecule has 122 valence electrons. The maximum absolute atomic E-state index is 13.0. The van der Waals surface area contributed by atoms with Gasteiger partial charge in [0.15, 0.2) is 0 Å². The highest BCUT2D eigenvalue weighted by atomic mass is 19.1. The van der Waals surface area contributed by atoms with Crippen molar-refractivity contribution in [1.29, 1.82) is 0 Å². The van der Waals surface area contributed by atoms with Gasteiger partial charge in [-0.2, -0.15) is 0 Å². The van der Waals surface area contributed by atoms with Crippen LogP contribution in [0.3, 0.4) is 0 Å². The normalized spacial score (nSPS) is 10.2. The van der Waals surface area contributed by atoms with Gasteiger partial charge in [0.25, 0.3) is 0 Å². The summed E-state index contributed by atoms with van der Waals surface area (Å²) in [5.74, 6) is 0.267. The summed E-state index contributed by atoms with van der Waals surface area (Å²) in [7, 11) is 0. The first-order chi connectivity index (χ1) is 11.1. The van der Waals surface area contributed by atoms with E-state index in [2.05, 4.69) is 10.6 Å². The predicted octanol–water partition coefficient (Wildman–Crippen LogP) is 2.83. The molecule has 0 aromatic heterocycles. The summed E-state index contributed by atoms with van der Waals surface area (Å²) < 4.78 is 18.4. The average Bonchev–Trinajstić information content (AvgIpc) is 2.54. The lowest BCUT2D eigenvalue weighted by molar-refractivity contribution is 0.200. The van der Waals surface area contributed by atoms with Crippen LogP contribution in [0.4, 0.5) is 14.9 Å². The Morgan fingerprint density at radius 1 is 1.26 bits per heavy atom. The number of ether oxygens (including phenoxy) is 1. The minimum Gasteiger partial charge on any atom is -0.491 e. The molecule has 2 amide bonds. The number of aryl methyl sites for hydroxylation is 1. The maximum atomic E-state index is 13.0. The van der Waals surface area contributed by atoms with E-state index in [1.54, 1.807) is 13.0 Å². The fraction of sp³-hybridized carbons (Fsp3) is 0.235. The van der Waals surface area contributed by atoms with Gasteiger partial charge in [-0.15, -0.1) is 0 Å². The molecule has 0 saturated heterocycles. The van der Waals surface area contributed by atoms with Crippen molar-refractivity contribution in [2.24, 2.45) is 0 Å². The molecular weight excluding hydrogens is 299 g/mol. The molecule has 0 bridgehead atoms. The molecule has 0 atom stereocenters.